The van der Waals surface area contributed by atoms with E-state index in [1.54, 1.807) is 6.92 Å². The third kappa shape index (κ3) is 5.95. The summed E-state index contributed by atoms with van der Waals surface area (Å²) in [7, 11) is 0. The standard InChI is InChI=1S/C30H24N2O.C3H6O2/c1-21-9-5-6-12-24(21)19-28(31)27-20-32(29-14-8-7-13-26(27)29)25-17-15-23(16-18-25)30(33)22-10-3-2-4-11-22;1-2-3(4)5/h2-18,20,31H,19H2,1H3;2H2,1H3,(H,4,5). The molecule has 38 heavy (non-hydrogen) atoms. The Balaban J connectivity index is 0.000000617. The van der Waals surface area contributed by atoms with Gasteiger partial charge in [0, 0.05) is 52.5 Å². The first-order valence-corrected chi connectivity index (χ1v) is 12.5. The van der Waals surface area contributed by atoms with E-state index in [1.807, 2.05) is 85.1 Å². The lowest BCUT2D eigenvalue weighted by atomic mass is 9.99. The van der Waals surface area contributed by atoms with E-state index in [4.69, 9.17) is 10.5 Å². The largest absolute Gasteiger partial charge is 0.481 e. The van der Waals surface area contributed by atoms with Gasteiger partial charge in [0.1, 0.15) is 0 Å². The monoisotopic (exact) mass is 502 g/mol. The van der Waals surface area contributed by atoms with Crippen molar-refractivity contribution in [2.45, 2.75) is 26.7 Å². The number of aromatic nitrogens is 1. The molecule has 0 bridgehead atoms. The smallest absolute Gasteiger partial charge is 0.303 e. The van der Waals surface area contributed by atoms with Gasteiger partial charge in [0.25, 0.3) is 0 Å². The Morgan fingerprint density at radius 2 is 1.37 bits per heavy atom. The second kappa shape index (κ2) is 12.0. The van der Waals surface area contributed by atoms with Crippen molar-refractivity contribution >= 4 is 28.4 Å². The second-order valence-corrected chi connectivity index (χ2v) is 9.00. The summed E-state index contributed by atoms with van der Waals surface area (Å²) in [6.07, 6.45) is 2.85. The summed E-state index contributed by atoms with van der Waals surface area (Å²) in [5.41, 5.74) is 7.24. The Kier molecular flexibility index (Phi) is 8.29. The van der Waals surface area contributed by atoms with E-state index in [0.717, 1.165) is 22.2 Å². The number of hydrogen-bond acceptors (Lipinski definition) is 3. The Morgan fingerprint density at radius 1 is 0.789 bits per heavy atom. The lowest BCUT2D eigenvalue weighted by Crippen LogP contribution is -2.04. The van der Waals surface area contributed by atoms with Crippen molar-refractivity contribution in [3.05, 3.63) is 137 Å². The van der Waals surface area contributed by atoms with E-state index in [2.05, 4.69) is 35.8 Å². The van der Waals surface area contributed by atoms with Gasteiger partial charge in [0.15, 0.2) is 5.78 Å². The molecule has 0 saturated carbocycles. The van der Waals surface area contributed by atoms with Gasteiger partial charge in [-0.1, -0.05) is 79.7 Å². The van der Waals surface area contributed by atoms with Gasteiger partial charge in [-0.15, -0.1) is 0 Å². The highest BCUT2D eigenvalue weighted by molar-refractivity contribution is 6.11. The van der Waals surface area contributed by atoms with Crippen molar-refractivity contribution in [3.8, 4) is 5.69 Å². The average Bonchev–Trinajstić information content (AvgIpc) is 3.35. The Morgan fingerprint density at radius 3 is 2.03 bits per heavy atom. The first kappa shape index (κ1) is 26.3. The van der Waals surface area contributed by atoms with Crippen LogP contribution in [-0.4, -0.2) is 27.1 Å². The van der Waals surface area contributed by atoms with Gasteiger partial charge in [0.05, 0.1) is 5.52 Å². The van der Waals surface area contributed by atoms with Crippen LogP contribution in [0.2, 0.25) is 0 Å². The van der Waals surface area contributed by atoms with Crippen molar-refractivity contribution in [1.29, 1.82) is 5.41 Å². The van der Waals surface area contributed by atoms with Crippen LogP contribution in [0.4, 0.5) is 0 Å². The van der Waals surface area contributed by atoms with Gasteiger partial charge in [-0.05, 0) is 48.4 Å². The third-order valence-corrected chi connectivity index (χ3v) is 6.41. The highest BCUT2D eigenvalue weighted by Gasteiger charge is 2.15. The van der Waals surface area contributed by atoms with Crippen molar-refractivity contribution < 1.29 is 14.7 Å². The van der Waals surface area contributed by atoms with Crippen LogP contribution in [-0.2, 0) is 11.2 Å². The van der Waals surface area contributed by atoms with Crippen molar-refractivity contribution in [2.24, 2.45) is 0 Å². The Labute approximate surface area is 222 Å². The molecule has 1 aromatic heterocycles. The summed E-state index contributed by atoms with van der Waals surface area (Å²) in [6, 6.07) is 33.4. The topological polar surface area (TPSA) is 83.2 Å². The summed E-state index contributed by atoms with van der Waals surface area (Å²) < 4.78 is 2.10. The number of rotatable bonds is 7. The van der Waals surface area contributed by atoms with Crippen LogP contribution in [0.25, 0.3) is 16.6 Å². The van der Waals surface area contributed by atoms with Gasteiger partial charge in [-0.25, -0.2) is 0 Å². The Bertz CT molecular complexity index is 1580. The lowest BCUT2D eigenvalue weighted by molar-refractivity contribution is -0.136. The minimum Gasteiger partial charge on any atom is -0.481 e. The van der Waals surface area contributed by atoms with Crippen LogP contribution < -0.4 is 0 Å². The quantitative estimate of drug-likeness (QED) is 0.181. The maximum Gasteiger partial charge on any atom is 0.303 e. The number of benzene rings is 4. The molecule has 4 aromatic carbocycles. The van der Waals surface area contributed by atoms with E-state index < -0.39 is 5.97 Å². The number of para-hydroxylation sites is 1. The lowest BCUT2D eigenvalue weighted by Gasteiger charge is -2.07. The molecule has 1 heterocycles. The number of fused-ring (bicyclic) bond motifs is 1. The van der Waals surface area contributed by atoms with Crippen LogP contribution in [0.1, 0.15) is 46.0 Å². The van der Waals surface area contributed by atoms with Gasteiger partial charge in [-0.3, -0.25) is 9.59 Å². The molecule has 5 nitrogen and oxygen atoms in total. The van der Waals surface area contributed by atoms with Gasteiger partial charge in [0.2, 0.25) is 0 Å². The first-order valence-electron chi connectivity index (χ1n) is 12.5. The molecule has 5 aromatic rings. The summed E-state index contributed by atoms with van der Waals surface area (Å²) in [5.74, 6) is -0.731. The number of carbonyl (C=O) groups is 2. The number of carbonyl (C=O) groups excluding carboxylic acids is 1. The van der Waals surface area contributed by atoms with Crippen molar-refractivity contribution in [3.63, 3.8) is 0 Å². The van der Waals surface area contributed by atoms with E-state index in [-0.39, 0.29) is 12.2 Å². The van der Waals surface area contributed by atoms with Crippen LogP contribution >= 0.6 is 0 Å². The SMILES string of the molecule is CCC(=O)O.Cc1ccccc1CC(=N)c1cn(-c2ccc(C(=O)c3ccccc3)cc2)c2ccccc12. The fraction of sp³-hybridized carbons (Fsp3) is 0.121. The molecule has 0 radical (unpaired) electrons. The maximum absolute atomic E-state index is 12.8. The molecular weight excluding hydrogens is 472 g/mol. The molecule has 0 fully saturated rings. The van der Waals surface area contributed by atoms with E-state index >= 15 is 0 Å². The maximum atomic E-state index is 12.8. The minimum atomic E-state index is -0.745. The summed E-state index contributed by atoms with van der Waals surface area (Å²) in [6.45, 7) is 3.69. The average molecular weight is 503 g/mol. The third-order valence-electron chi connectivity index (χ3n) is 6.41. The number of ketones is 1. The minimum absolute atomic E-state index is 0.0141. The second-order valence-electron chi connectivity index (χ2n) is 9.00. The van der Waals surface area contributed by atoms with Crippen LogP contribution in [0.3, 0.4) is 0 Å². The first-order chi connectivity index (χ1) is 18.4. The molecule has 0 aliphatic carbocycles. The molecule has 190 valence electrons. The van der Waals surface area contributed by atoms with E-state index in [9.17, 15) is 9.59 Å². The fourth-order valence-corrected chi connectivity index (χ4v) is 4.26. The van der Waals surface area contributed by atoms with Gasteiger partial charge in [-0.2, -0.15) is 0 Å². The predicted molar refractivity (Wildman–Crippen MR) is 153 cm³/mol. The summed E-state index contributed by atoms with van der Waals surface area (Å²) in [4.78, 5) is 22.1. The molecule has 0 aliphatic heterocycles. The number of aryl methyl sites for hydroxylation is 1. The van der Waals surface area contributed by atoms with E-state index in [0.29, 0.717) is 23.3 Å². The highest BCUT2D eigenvalue weighted by atomic mass is 16.4. The number of carboxylic acids is 1. The number of carboxylic acid groups (broad SMARTS) is 1. The number of aliphatic carboxylic acids is 1. The fourth-order valence-electron chi connectivity index (χ4n) is 4.26. The normalized spacial score (nSPS) is 10.5. The Hall–Kier alpha value is -4.77. The molecule has 0 aliphatic rings. The number of nitrogens with zero attached hydrogens (tertiary/aromatic N) is 1. The molecule has 2 N–H and O–H groups in total. The molecule has 0 unspecified atom stereocenters. The zero-order chi connectivity index (χ0) is 27.1. The van der Waals surface area contributed by atoms with Crippen LogP contribution in [0.5, 0.6) is 0 Å². The molecule has 5 heteroatoms. The molecule has 0 saturated heterocycles. The van der Waals surface area contributed by atoms with Crippen LogP contribution in [0, 0.1) is 12.3 Å². The van der Waals surface area contributed by atoms with E-state index in [1.165, 1.54) is 11.1 Å². The molecular formula is C33H30N2O3. The molecule has 0 spiro atoms. The summed E-state index contributed by atoms with van der Waals surface area (Å²) >= 11 is 0. The zero-order valence-corrected chi connectivity index (χ0v) is 21.5. The number of nitrogens with one attached hydrogen (secondary N) is 1. The predicted octanol–water partition coefficient (Wildman–Crippen LogP) is 7.26. The number of hydrogen-bond donors (Lipinski definition) is 2. The molecule has 0 amide bonds. The molecule has 0 atom stereocenters. The molecule has 5 rings (SSSR count). The van der Waals surface area contributed by atoms with Gasteiger partial charge < -0.3 is 15.1 Å². The van der Waals surface area contributed by atoms with Crippen molar-refractivity contribution in [2.75, 3.05) is 0 Å². The van der Waals surface area contributed by atoms with Gasteiger partial charge >= 0.3 is 5.97 Å². The van der Waals surface area contributed by atoms with Crippen LogP contribution in [0.15, 0.2) is 109 Å². The summed E-state index contributed by atoms with van der Waals surface area (Å²) in [5, 5.41) is 17.6. The zero-order valence-electron chi connectivity index (χ0n) is 21.5. The van der Waals surface area contributed by atoms with Crippen molar-refractivity contribution in [1.82, 2.24) is 4.57 Å². The highest BCUT2D eigenvalue weighted by Crippen LogP contribution is 2.27.